The van der Waals surface area contributed by atoms with Crippen molar-refractivity contribution >= 4 is 17.5 Å². The Morgan fingerprint density at radius 1 is 0.892 bits per heavy atom. The smallest absolute Gasteiger partial charge is 0.416 e. The van der Waals surface area contributed by atoms with Crippen LogP contribution in [0.4, 0.5) is 37.8 Å². The van der Waals surface area contributed by atoms with Gasteiger partial charge in [0.05, 0.1) is 16.8 Å². The van der Waals surface area contributed by atoms with Crippen LogP contribution in [0.5, 0.6) is 0 Å². The lowest BCUT2D eigenvalue weighted by molar-refractivity contribution is -0.142. The SMILES string of the molecule is CC(=O)OCc1cc(-c2ccc(C(F)(F)F)cc2)nc(N(CCC(C)C)c2ccc(C(F)(F)F)cc2)c1. The molecule has 3 rings (SSSR count). The molecule has 0 atom stereocenters. The number of nitrogens with zero attached hydrogens (tertiary/aromatic N) is 2. The molecule has 0 unspecified atom stereocenters. The maximum absolute atomic E-state index is 13.1. The average molecular weight is 525 g/mol. The summed E-state index contributed by atoms with van der Waals surface area (Å²) in [5.41, 5.74) is 0.114. The van der Waals surface area contributed by atoms with Crippen LogP contribution < -0.4 is 4.90 Å². The number of carbonyl (C=O) groups is 1. The van der Waals surface area contributed by atoms with Crippen molar-refractivity contribution in [3.05, 3.63) is 77.4 Å². The van der Waals surface area contributed by atoms with Gasteiger partial charge in [-0.25, -0.2) is 4.98 Å². The molecule has 2 aromatic carbocycles. The number of alkyl halides is 6. The summed E-state index contributed by atoms with van der Waals surface area (Å²) >= 11 is 0. The van der Waals surface area contributed by atoms with E-state index in [0.717, 1.165) is 24.3 Å². The molecule has 198 valence electrons. The quantitative estimate of drug-likeness (QED) is 0.221. The highest BCUT2D eigenvalue weighted by molar-refractivity contribution is 5.68. The standard InChI is InChI=1S/C27H26F6N2O2/c1-17(2)12-13-35(23-10-8-22(9-11-23)27(31,32)33)25-15-19(16-37-18(3)36)14-24(34-25)20-4-6-21(7-5-20)26(28,29)30/h4-11,14-15,17H,12-13,16H2,1-3H3. The molecule has 0 aliphatic heterocycles. The molecule has 0 saturated carbocycles. The van der Waals surface area contributed by atoms with Crippen LogP contribution >= 0.6 is 0 Å². The molecule has 0 radical (unpaired) electrons. The van der Waals surface area contributed by atoms with E-state index in [2.05, 4.69) is 4.98 Å². The minimum Gasteiger partial charge on any atom is -0.461 e. The molecule has 0 amide bonds. The van der Waals surface area contributed by atoms with E-state index < -0.39 is 29.4 Å². The zero-order chi connectivity index (χ0) is 27.4. The minimum absolute atomic E-state index is 0.108. The highest BCUT2D eigenvalue weighted by atomic mass is 19.4. The lowest BCUT2D eigenvalue weighted by Gasteiger charge is -2.26. The second kappa shape index (κ2) is 11.2. The van der Waals surface area contributed by atoms with Crippen molar-refractivity contribution < 1.29 is 35.9 Å². The number of hydrogen-bond acceptors (Lipinski definition) is 4. The third kappa shape index (κ3) is 7.71. The van der Waals surface area contributed by atoms with Crippen LogP contribution in [-0.2, 0) is 28.5 Å². The van der Waals surface area contributed by atoms with E-state index >= 15 is 0 Å². The Hall–Kier alpha value is -3.56. The molecule has 0 N–H and O–H groups in total. The van der Waals surface area contributed by atoms with E-state index in [9.17, 15) is 31.1 Å². The van der Waals surface area contributed by atoms with Gasteiger partial charge in [0.2, 0.25) is 0 Å². The van der Waals surface area contributed by atoms with Crippen molar-refractivity contribution in [3.63, 3.8) is 0 Å². The monoisotopic (exact) mass is 524 g/mol. The second-order valence-electron chi connectivity index (χ2n) is 8.95. The molecule has 1 aromatic heterocycles. The largest absolute Gasteiger partial charge is 0.461 e. The van der Waals surface area contributed by atoms with Gasteiger partial charge in [-0.3, -0.25) is 4.79 Å². The van der Waals surface area contributed by atoms with Gasteiger partial charge in [-0.05, 0) is 66.4 Å². The Balaban J connectivity index is 2.09. The fourth-order valence-electron chi connectivity index (χ4n) is 3.55. The third-order valence-electron chi connectivity index (χ3n) is 5.53. The van der Waals surface area contributed by atoms with Crippen LogP contribution in [0.2, 0.25) is 0 Å². The number of esters is 1. The first-order valence-corrected chi connectivity index (χ1v) is 11.5. The number of benzene rings is 2. The van der Waals surface area contributed by atoms with Gasteiger partial charge in [0.1, 0.15) is 12.4 Å². The fourth-order valence-corrected chi connectivity index (χ4v) is 3.55. The maximum atomic E-state index is 13.1. The molecule has 0 fully saturated rings. The number of pyridine rings is 1. The minimum atomic E-state index is -4.50. The van der Waals surface area contributed by atoms with Crippen LogP contribution in [0.25, 0.3) is 11.3 Å². The summed E-state index contributed by atoms with van der Waals surface area (Å²) < 4.78 is 83.5. The van der Waals surface area contributed by atoms with E-state index in [0.29, 0.717) is 41.3 Å². The summed E-state index contributed by atoms with van der Waals surface area (Å²) in [5.74, 6) is 0.115. The van der Waals surface area contributed by atoms with Gasteiger partial charge in [0.25, 0.3) is 0 Å². The summed E-state index contributed by atoms with van der Waals surface area (Å²) in [6, 6.07) is 12.4. The maximum Gasteiger partial charge on any atom is 0.416 e. The summed E-state index contributed by atoms with van der Waals surface area (Å²) in [6.07, 6.45) is -8.30. The molecule has 10 heteroatoms. The lowest BCUT2D eigenvalue weighted by Crippen LogP contribution is -2.21. The number of ether oxygens (including phenoxy) is 1. The predicted molar refractivity (Wildman–Crippen MR) is 128 cm³/mol. The zero-order valence-electron chi connectivity index (χ0n) is 20.5. The first kappa shape index (κ1) is 28.0. The topological polar surface area (TPSA) is 42.4 Å². The number of anilines is 2. The zero-order valence-corrected chi connectivity index (χ0v) is 20.5. The van der Waals surface area contributed by atoms with E-state index in [-0.39, 0.29) is 12.5 Å². The first-order valence-electron chi connectivity index (χ1n) is 11.5. The second-order valence-corrected chi connectivity index (χ2v) is 8.95. The molecule has 0 aliphatic carbocycles. The molecule has 0 aliphatic rings. The van der Waals surface area contributed by atoms with Crippen molar-refractivity contribution in [1.82, 2.24) is 4.98 Å². The van der Waals surface area contributed by atoms with Crippen LogP contribution in [0, 0.1) is 5.92 Å². The summed E-state index contributed by atoms with van der Waals surface area (Å²) in [6.45, 7) is 5.56. The van der Waals surface area contributed by atoms with Gasteiger partial charge in [-0.1, -0.05) is 26.0 Å². The number of aromatic nitrogens is 1. The predicted octanol–water partition coefficient (Wildman–Crippen LogP) is 8.03. The van der Waals surface area contributed by atoms with Crippen molar-refractivity contribution in [2.24, 2.45) is 5.92 Å². The Kier molecular flexibility index (Phi) is 8.50. The number of halogens is 6. The van der Waals surface area contributed by atoms with Gasteiger partial charge < -0.3 is 9.64 Å². The Labute approximate surface area is 210 Å². The summed E-state index contributed by atoms with van der Waals surface area (Å²) in [7, 11) is 0. The molecule has 0 bridgehead atoms. The van der Waals surface area contributed by atoms with E-state index in [1.54, 1.807) is 17.0 Å². The average Bonchev–Trinajstić information content (AvgIpc) is 2.82. The van der Waals surface area contributed by atoms with Crippen molar-refractivity contribution in [3.8, 4) is 11.3 Å². The molecule has 1 heterocycles. The lowest BCUT2D eigenvalue weighted by atomic mass is 10.1. The Morgan fingerprint density at radius 2 is 1.43 bits per heavy atom. The summed E-state index contributed by atoms with van der Waals surface area (Å²) in [4.78, 5) is 17.8. The van der Waals surface area contributed by atoms with Crippen molar-refractivity contribution in [1.29, 1.82) is 0 Å². The van der Waals surface area contributed by atoms with Gasteiger partial charge >= 0.3 is 18.3 Å². The highest BCUT2D eigenvalue weighted by Crippen LogP contribution is 2.35. The molecule has 4 nitrogen and oxygen atoms in total. The van der Waals surface area contributed by atoms with E-state index in [1.165, 1.54) is 31.2 Å². The molecule has 37 heavy (non-hydrogen) atoms. The molecule has 0 spiro atoms. The van der Waals surface area contributed by atoms with Gasteiger partial charge in [-0.15, -0.1) is 0 Å². The molecule has 0 saturated heterocycles. The van der Waals surface area contributed by atoms with E-state index in [1.807, 2.05) is 13.8 Å². The highest BCUT2D eigenvalue weighted by Gasteiger charge is 2.31. The first-order chi connectivity index (χ1) is 17.2. The molecule has 3 aromatic rings. The number of carbonyl (C=O) groups excluding carboxylic acids is 1. The Morgan fingerprint density at radius 3 is 1.92 bits per heavy atom. The molecular formula is C27H26F6N2O2. The number of rotatable bonds is 8. The van der Waals surface area contributed by atoms with Crippen LogP contribution in [-0.4, -0.2) is 17.5 Å². The van der Waals surface area contributed by atoms with Gasteiger partial charge in [0, 0.05) is 24.7 Å². The van der Waals surface area contributed by atoms with Crippen molar-refractivity contribution in [2.75, 3.05) is 11.4 Å². The van der Waals surface area contributed by atoms with Gasteiger partial charge in [0.15, 0.2) is 0 Å². The van der Waals surface area contributed by atoms with Gasteiger partial charge in [-0.2, -0.15) is 26.3 Å². The van der Waals surface area contributed by atoms with Crippen LogP contribution in [0.1, 0.15) is 43.9 Å². The normalized spacial score (nSPS) is 12.1. The van der Waals surface area contributed by atoms with E-state index in [4.69, 9.17) is 4.74 Å². The summed E-state index contributed by atoms with van der Waals surface area (Å²) in [5, 5.41) is 0. The van der Waals surface area contributed by atoms with Crippen LogP contribution in [0.3, 0.4) is 0 Å². The third-order valence-corrected chi connectivity index (χ3v) is 5.53. The number of hydrogen-bond donors (Lipinski definition) is 0. The molecular weight excluding hydrogens is 498 g/mol. The fraction of sp³-hybridized carbons (Fsp3) is 0.333. The Bertz CT molecular complexity index is 1200. The van der Waals surface area contributed by atoms with Crippen molar-refractivity contribution in [2.45, 2.75) is 46.2 Å². The van der Waals surface area contributed by atoms with Crippen LogP contribution in [0.15, 0.2) is 60.7 Å².